The number of aliphatic hydroxyl groups is 1. The molecule has 0 aliphatic rings. The number of esters is 1. The van der Waals surface area contributed by atoms with E-state index in [9.17, 15) is 4.79 Å². The molecule has 0 saturated carbocycles. The third-order valence-electron chi connectivity index (χ3n) is 1.07. The van der Waals surface area contributed by atoms with Crippen molar-refractivity contribution >= 4 is 18.9 Å². The van der Waals surface area contributed by atoms with E-state index in [1.165, 1.54) is 0 Å². The van der Waals surface area contributed by atoms with Gasteiger partial charge in [-0.3, -0.25) is 4.79 Å². The van der Waals surface area contributed by atoms with E-state index in [0.29, 0.717) is 6.42 Å². The summed E-state index contributed by atoms with van der Waals surface area (Å²) in [5.74, 6) is -0.311. The van der Waals surface area contributed by atoms with Crippen molar-refractivity contribution in [3.63, 3.8) is 0 Å². The highest BCUT2D eigenvalue weighted by Crippen LogP contribution is 1.96. The molecule has 1 N–H and O–H groups in total. The third-order valence-corrected chi connectivity index (χ3v) is 1.37. The Labute approximate surface area is 71.1 Å². The second kappa shape index (κ2) is 6.45. The van der Waals surface area contributed by atoms with Crippen LogP contribution in [-0.2, 0) is 13.7 Å². The minimum absolute atomic E-state index is 0.0483. The first-order valence-electron chi connectivity index (χ1n) is 3.31. The smallest absolute Gasteiger partial charge is 0.305 e. The minimum atomic E-state index is -0.533. The van der Waals surface area contributed by atoms with Crippen LogP contribution in [0.2, 0.25) is 0 Å². The van der Waals surface area contributed by atoms with E-state index in [-0.39, 0.29) is 19.2 Å². The number of hydrogen-bond donors (Lipinski definition) is 2. The zero-order valence-corrected chi connectivity index (χ0v) is 7.21. The summed E-state index contributed by atoms with van der Waals surface area (Å²) in [4.78, 5) is 10.6. The number of hydrogen-bond acceptors (Lipinski definition) is 5. The predicted molar refractivity (Wildman–Crippen MR) is 42.2 cm³/mol. The van der Waals surface area contributed by atoms with Crippen molar-refractivity contribution in [2.45, 2.75) is 19.4 Å². The van der Waals surface area contributed by atoms with E-state index in [0.717, 1.165) is 0 Å². The van der Waals surface area contributed by atoms with E-state index in [1.54, 1.807) is 6.92 Å². The van der Waals surface area contributed by atoms with Crippen LogP contribution in [0.1, 0.15) is 13.3 Å². The lowest BCUT2D eigenvalue weighted by Gasteiger charge is -2.10. The van der Waals surface area contributed by atoms with Crippen molar-refractivity contribution in [1.29, 1.82) is 0 Å². The topological polar surface area (TPSA) is 55.8 Å². The molecule has 0 aromatic heterocycles. The number of rotatable bonds is 5. The molecule has 1 unspecified atom stereocenters. The van der Waals surface area contributed by atoms with Crippen LogP contribution in [0.15, 0.2) is 0 Å². The molecule has 0 bridgehead atoms. The summed E-state index contributed by atoms with van der Waals surface area (Å²) >= 11 is 3.48. The van der Waals surface area contributed by atoms with E-state index >= 15 is 0 Å². The number of carbonyl (C=O) groups excluding carboxylic acids is 1. The first-order valence-corrected chi connectivity index (χ1v) is 3.67. The second-order valence-corrected chi connectivity index (χ2v) is 2.16. The van der Waals surface area contributed by atoms with Gasteiger partial charge in [-0.1, -0.05) is 6.92 Å². The molecule has 66 valence electrons. The Morgan fingerprint density at radius 3 is 2.73 bits per heavy atom. The summed E-state index contributed by atoms with van der Waals surface area (Å²) in [6.07, 6.45) is -0.209. The highest BCUT2D eigenvalue weighted by Gasteiger charge is 2.08. The van der Waals surface area contributed by atoms with Crippen LogP contribution in [0.3, 0.4) is 0 Å². The van der Waals surface area contributed by atoms with E-state index < -0.39 is 6.10 Å². The second-order valence-electron chi connectivity index (χ2n) is 1.95. The fraction of sp³-hybridized carbons (Fsp3) is 0.833. The van der Waals surface area contributed by atoms with Crippen LogP contribution in [-0.4, -0.2) is 30.4 Å². The van der Waals surface area contributed by atoms with Crippen LogP contribution in [0, 0.1) is 0 Å². The van der Waals surface area contributed by atoms with Crippen LogP contribution in [0.4, 0.5) is 0 Å². The summed E-state index contributed by atoms with van der Waals surface area (Å²) in [7, 11) is 0. The lowest BCUT2D eigenvalue weighted by Crippen LogP contribution is -2.22. The Hall–Kier alpha value is -0.260. The fourth-order valence-corrected chi connectivity index (χ4v) is 0.532. The highest BCUT2D eigenvalue weighted by atomic mass is 32.1. The van der Waals surface area contributed by atoms with Gasteiger partial charge in [-0.25, -0.2) is 0 Å². The predicted octanol–water partition coefficient (Wildman–Crippen LogP) is 0.162. The maximum Gasteiger partial charge on any atom is 0.305 e. The number of aliphatic hydroxyl groups excluding tert-OH is 1. The van der Waals surface area contributed by atoms with Crippen molar-refractivity contribution in [2.24, 2.45) is 0 Å². The molecule has 0 spiro atoms. The largest absolute Gasteiger partial charge is 0.463 e. The summed E-state index contributed by atoms with van der Waals surface area (Å²) in [5, 5.41) is 8.55. The average molecular weight is 180 g/mol. The molecule has 11 heavy (non-hydrogen) atoms. The summed E-state index contributed by atoms with van der Waals surface area (Å²) in [6, 6.07) is 0. The van der Waals surface area contributed by atoms with Crippen molar-refractivity contribution in [2.75, 3.05) is 13.2 Å². The van der Waals surface area contributed by atoms with E-state index in [2.05, 4.69) is 21.8 Å². The molecule has 0 heterocycles. The molecule has 0 radical (unpaired) electrons. The molecule has 4 nitrogen and oxygen atoms in total. The maximum absolute atomic E-state index is 10.6. The van der Waals surface area contributed by atoms with E-state index in [4.69, 9.17) is 5.11 Å². The molecule has 5 heteroatoms. The van der Waals surface area contributed by atoms with Gasteiger partial charge >= 0.3 is 5.97 Å². The molecule has 0 aliphatic heterocycles. The molecule has 0 aromatic carbocycles. The Morgan fingerprint density at radius 1 is 1.73 bits per heavy atom. The van der Waals surface area contributed by atoms with Crippen LogP contribution >= 0.6 is 12.9 Å². The average Bonchev–Trinajstić information content (AvgIpc) is 2.06. The molecule has 0 amide bonds. The molecule has 1 atom stereocenters. The van der Waals surface area contributed by atoms with Gasteiger partial charge in [0.1, 0.15) is 12.7 Å². The van der Waals surface area contributed by atoms with Crippen LogP contribution < -0.4 is 0 Å². The quantitative estimate of drug-likeness (QED) is 0.359. The number of thiol groups is 1. The lowest BCUT2D eigenvalue weighted by atomic mass is 10.4. The normalized spacial score (nSPS) is 12.6. The SMILES string of the molecule is CCC(=O)OCC(CO)OS. The van der Waals surface area contributed by atoms with Gasteiger partial charge in [-0.15, -0.1) is 0 Å². The lowest BCUT2D eigenvalue weighted by molar-refractivity contribution is -0.145. The number of carbonyl (C=O) groups is 1. The Morgan fingerprint density at radius 2 is 2.36 bits per heavy atom. The Balaban J connectivity index is 3.42. The zero-order valence-electron chi connectivity index (χ0n) is 6.32. The first kappa shape index (κ1) is 10.7. The van der Waals surface area contributed by atoms with Gasteiger partial charge in [0.2, 0.25) is 0 Å². The van der Waals surface area contributed by atoms with Crippen LogP contribution in [0.5, 0.6) is 0 Å². The van der Waals surface area contributed by atoms with E-state index in [1.807, 2.05) is 0 Å². The third kappa shape index (κ3) is 5.06. The highest BCUT2D eigenvalue weighted by molar-refractivity contribution is 7.75. The fourth-order valence-electron chi connectivity index (χ4n) is 0.404. The standard InChI is InChI=1S/C6H12O4S/c1-2-6(8)9-4-5(3-7)10-11/h5,7,11H,2-4H2,1H3. The Kier molecular flexibility index (Phi) is 6.30. The van der Waals surface area contributed by atoms with Gasteiger partial charge in [0.25, 0.3) is 0 Å². The summed E-state index contributed by atoms with van der Waals surface area (Å²) in [6.45, 7) is 1.53. The molecule has 0 rings (SSSR count). The van der Waals surface area contributed by atoms with Gasteiger partial charge < -0.3 is 14.0 Å². The number of ether oxygens (including phenoxy) is 1. The Bertz CT molecular complexity index is 113. The van der Waals surface area contributed by atoms with Gasteiger partial charge in [-0.05, 0) is 12.9 Å². The molecular formula is C6H12O4S. The van der Waals surface area contributed by atoms with Crippen molar-refractivity contribution in [1.82, 2.24) is 0 Å². The molecule has 0 aliphatic carbocycles. The molecule has 0 saturated heterocycles. The van der Waals surface area contributed by atoms with Crippen molar-refractivity contribution < 1.29 is 18.8 Å². The monoisotopic (exact) mass is 180 g/mol. The van der Waals surface area contributed by atoms with Crippen LogP contribution in [0.25, 0.3) is 0 Å². The van der Waals surface area contributed by atoms with Gasteiger partial charge in [0, 0.05) is 6.42 Å². The summed E-state index contributed by atoms with van der Waals surface area (Å²) in [5.41, 5.74) is 0. The van der Waals surface area contributed by atoms with Gasteiger partial charge in [0.05, 0.1) is 6.61 Å². The molecule has 0 fully saturated rings. The first-order chi connectivity index (χ1) is 5.24. The minimum Gasteiger partial charge on any atom is -0.463 e. The maximum atomic E-state index is 10.6. The van der Waals surface area contributed by atoms with Crippen molar-refractivity contribution in [3.8, 4) is 0 Å². The molecular weight excluding hydrogens is 168 g/mol. The van der Waals surface area contributed by atoms with Crippen molar-refractivity contribution in [3.05, 3.63) is 0 Å². The van der Waals surface area contributed by atoms with Gasteiger partial charge in [-0.2, -0.15) is 0 Å². The molecule has 0 aromatic rings. The van der Waals surface area contributed by atoms with Gasteiger partial charge in [0.15, 0.2) is 0 Å². The zero-order chi connectivity index (χ0) is 8.69. The summed E-state index contributed by atoms with van der Waals surface area (Å²) < 4.78 is 9.12.